The molecule has 2 fully saturated rings. The fourth-order valence-electron chi connectivity index (χ4n) is 4.49. The van der Waals surface area contributed by atoms with Gasteiger partial charge in [-0.1, -0.05) is 58.7 Å². The minimum absolute atomic E-state index is 0.0296. The van der Waals surface area contributed by atoms with Crippen molar-refractivity contribution in [1.82, 2.24) is 19.9 Å². The highest BCUT2D eigenvalue weighted by atomic mass is 35.5. The van der Waals surface area contributed by atoms with E-state index in [9.17, 15) is 9.59 Å². The number of carbonyl (C=O) groups is 2. The second-order valence-corrected chi connectivity index (χ2v) is 9.24. The number of halogens is 1. The molecule has 0 radical (unpaired) electrons. The van der Waals surface area contributed by atoms with Crippen molar-refractivity contribution in [3.05, 3.63) is 65.0 Å². The summed E-state index contributed by atoms with van der Waals surface area (Å²) in [6, 6.07) is 15.2. The summed E-state index contributed by atoms with van der Waals surface area (Å²) in [6.07, 6.45) is 0.216. The molecule has 1 atom stereocenters. The van der Waals surface area contributed by atoms with E-state index in [1.54, 1.807) is 11.0 Å². The highest BCUT2D eigenvalue weighted by Gasteiger charge is 2.38. The van der Waals surface area contributed by atoms with Crippen LogP contribution < -0.4 is 4.90 Å². The predicted octanol–water partition coefficient (Wildman–Crippen LogP) is 3.40. The highest BCUT2D eigenvalue weighted by molar-refractivity contribution is 6.33. The van der Waals surface area contributed by atoms with Crippen LogP contribution in [0.2, 0.25) is 5.02 Å². The molecule has 0 saturated carbocycles. The summed E-state index contributed by atoms with van der Waals surface area (Å²) < 4.78 is 5.45. The van der Waals surface area contributed by atoms with E-state index < -0.39 is 0 Å². The quantitative estimate of drug-likeness (QED) is 0.557. The molecule has 2 aliphatic heterocycles. The Morgan fingerprint density at radius 3 is 2.56 bits per heavy atom. The van der Waals surface area contributed by atoms with Crippen LogP contribution in [0.5, 0.6) is 0 Å². The van der Waals surface area contributed by atoms with Crippen molar-refractivity contribution in [2.45, 2.75) is 19.9 Å². The molecule has 2 amide bonds. The lowest BCUT2D eigenvalue weighted by Gasteiger charge is -2.35. The molecule has 3 heterocycles. The number of aromatic nitrogens is 2. The summed E-state index contributed by atoms with van der Waals surface area (Å²) >= 11 is 6.26. The summed E-state index contributed by atoms with van der Waals surface area (Å²) in [5.41, 5.74) is 2.77. The Morgan fingerprint density at radius 2 is 1.82 bits per heavy atom. The average molecular weight is 480 g/mol. The van der Waals surface area contributed by atoms with E-state index in [1.807, 2.05) is 54.3 Å². The molecule has 2 saturated heterocycles. The summed E-state index contributed by atoms with van der Waals surface area (Å²) in [4.78, 5) is 35.9. The molecule has 0 spiro atoms. The maximum atomic E-state index is 13.1. The smallest absolute Gasteiger partial charge is 0.241 e. The molecular formula is C25H26ClN5O3. The van der Waals surface area contributed by atoms with Crippen molar-refractivity contribution in [3.63, 3.8) is 0 Å². The number of nitrogens with zero attached hydrogens (tertiary/aromatic N) is 5. The Hall–Kier alpha value is -3.23. The first-order valence-corrected chi connectivity index (χ1v) is 11.8. The summed E-state index contributed by atoms with van der Waals surface area (Å²) in [5.74, 6) is 0.765. The summed E-state index contributed by atoms with van der Waals surface area (Å²) in [5, 5.41) is 4.62. The maximum Gasteiger partial charge on any atom is 0.241 e. The minimum Gasteiger partial charge on any atom is -0.340 e. The number of hydrogen-bond donors (Lipinski definition) is 0. The van der Waals surface area contributed by atoms with Gasteiger partial charge in [0.2, 0.25) is 23.5 Å². The standard InChI is InChI=1S/C25H26ClN5O3/c1-17-6-8-18(9-7-17)24-27-22(34-28-24)16-29-10-12-30(13-11-29)25(33)19-14-23(32)31(15-19)21-5-3-2-4-20(21)26/h2-9,19H,10-16H2,1H3. The van der Waals surface area contributed by atoms with Crippen molar-refractivity contribution >= 4 is 29.1 Å². The van der Waals surface area contributed by atoms with Crippen LogP contribution in [0.1, 0.15) is 17.9 Å². The Labute approximate surface area is 203 Å². The number of para-hydroxylation sites is 1. The van der Waals surface area contributed by atoms with Gasteiger partial charge in [-0.3, -0.25) is 14.5 Å². The predicted molar refractivity (Wildman–Crippen MR) is 128 cm³/mol. The topological polar surface area (TPSA) is 82.8 Å². The SMILES string of the molecule is Cc1ccc(-c2noc(CN3CCN(C(=O)C4CC(=O)N(c5ccccc5Cl)C4)CC3)n2)cc1. The van der Waals surface area contributed by atoms with Gasteiger partial charge in [-0.25, -0.2) is 0 Å². The monoisotopic (exact) mass is 479 g/mol. The molecule has 3 aromatic rings. The summed E-state index contributed by atoms with van der Waals surface area (Å²) in [6.45, 7) is 5.58. The number of rotatable bonds is 5. The Bertz CT molecular complexity index is 1190. The fourth-order valence-corrected chi connectivity index (χ4v) is 4.73. The van der Waals surface area contributed by atoms with Crippen molar-refractivity contribution in [1.29, 1.82) is 0 Å². The number of anilines is 1. The molecule has 2 aromatic carbocycles. The zero-order valence-corrected chi connectivity index (χ0v) is 19.7. The number of hydrogen-bond acceptors (Lipinski definition) is 6. The van der Waals surface area contributed by atoms with E-state index in [0.717, 1.165) is 5.56 Å². The van der Waals surface area contributed by atoms with Crippen LogP contribution in [-0.4, -0.2) is 64.5 Å². The van der Waals surface area contributed by atoms with E-state index >= 15 is 0 Å². The largest absolute Gasteiger partial charge is 0.340 e. The third-order valence-electron chi connectivity index (χ3n) is 6.44. The second-order valence-electron chi connectivity index (χ2n) is 8.84. The maximum absolute atomic E-state index is 13.1. The van der Waals surface area contributed by atoms with E-state index in [-0.39, 0.29) is 24.2 Å². The minimum atomic E-state index is -0.344. The van der Waals surface area contributed by atoms with Gasteiger partial charge in [-0.05, 0) is 19.1 Å². The fraction of sp³-hybridized carbons (Fsp3) is 0.360. The molecule has 34 heavy (non-hydrogen) atoms. The van der Waals surface area contributed by atoms with Crippen molar-refractivity contribution in [3.8, 4) is 11.4 Å². The van der Waals surface area contributed by atoms with Gasteiger partial charge in [0, 0.05) is 44.7 Å². The number of carbonyl (C=O) groups excluding carboxylic acids is 2. The molecule has 1 aromatic heterocycles. The second kappa shape index (κ2) is 9.56. The van der Waals surface area contributed by atoms with Gasteiger partial charge in [0.15, 0.2) is 0 Å². The Morgan fingerprint density at radius 1 is 1.09 bits per heavy atom. The zero-order valence-electron chi connectivity index (χ0n) is 19.0. The Kier molecular flexibility index (Phi) is 6.34. The third kappa shape index (κ3) is 4.69. The lowest BCUT2D eigenvalue weighted by molar-refractivity contribution is -0.137. The van der Waals surface area contributed by atoms with E-state index in [1.165, 1.54) is 5.56 Å². The lowest BCUT2D eigenvalue weighted by Crippen LogP contribution is -2.50. The number of aryl methyl sites for hydroxylation is 1. The van der Waals surface area contributed by atoms with E-state index in [4.69, 9.17) is 16.1 Å². The van der Waals surface area contributed by atoms with Gasteiger partial charge >= 0.3 is 0 Å². The van der Waals surface area contributed by atoms with Gasteiger partial charge in [-0.15, -0.1) is 0 Å². The molecule has 0 bridgehead atoms. The van der Waals surface area contributed by atoms with Crippen molar-refractivity contribution in [2.24, 2.45) is 5.92 Å². The number of piperazine rings is 1. The molecule has 1 unspecified atom stereocenters. The summed E-state index contributed by atoms with van der Waals surface area (Å²) in [7, 11) is 0. The molecule has 0 aliphatic carbocycles. The zero-order chi connectivity index (χ0) is 23.7. The first kappa shape index (κ1) is 22.6. The van der Waals surface area contributed by atoms with Crippen LogP contribution in [0, 0.1) is 12.8 Å². The lowest BCUT2D eigenvalue weighted by atomic mass is 10.1. The van der Waals surface area contributed by atoms with Gasteiger partial charge in [-0.2, -0.15) is 4.98 Å². The van der Waals surface area contributed by atoms with Crippen LogP contribution in [0.4, 0.5) is 5.69 Å². The molecule has 0 N–H and O–H groups in total. The number of benzene rings is 2. The van der Waals surface area contributed by atoms with Crippen molar-refractivity contribution in [2.75, 3.05) is 37.6 Å². The molecule has 2 aliphatic rings. The molecule has 5 rings (SSSR count). The van der Waals surface area contributed by atoms with Gasteiger partial charge in [0.05, 0.1) is 23.2 Å². The first-order chi connectivity index (χ1) is 16.5. The first-order valence-electron chi connectivity index (χ1n) is 11.4. The van der Waals surface area contributed by atoms with Crippen LogP contribution in [0.15, 0.2) is 53.1 Å². The van der Waals surface area contributed by atoms with Crippen LogP contribution in [0.3, 0.4) is 0 Å². The third-order valence-corrected chi connectivity index (χ3v) is 6.76. The normalized spacial score (nSPS) is 19.1. The van der Waals surface area contributed by atoms with Crippen LogP contribution in [0.25, 0.3) is 11.4 Å². The van der Waals surface area contributed by atoms with Gasteiger partial charge < -0.3 is 14.3 Å². The van der Waals surface area contributed by atoms with E-state index in [0.29, 0.717) is 61.7 Å². The molecule has 176 valence electrons. The Balaban J connectivity index is 1.14. The highest BCUT2D eigenvalue weighted by Crippen LogP contribution is 2.31. The van der Waals surface area contributed by atoms with Gasteiger partial charge in [0.1, 0.15) is 0 Å². The molecular weight excluding hydrogens is 454 g/mol. The van der Waals surface area contributed by atoms with Crippen LogP contribution >= 0.6 is 11.6 Å². The van der Waals surface area contributed by atoms with Crippen molar-refractivity contribution < 1.29 is 14.1 Å². The van der Waals surface area contributed by atoms with Gasteiger partial charge in [0.25, 0.3) is 0 Å². The van der Waals surface area contributed by atoms with Crippen LogP contribution in [-0.2, 0) is 16.1 Å². The number of amides is 2. The average Bonchev–Trinajstić information content (AvgIpc) is 3.47. The molecule has 9 heteroatoms. The van der Waals surface area contributed by atoms with E-state index in [2.05, 4.69) is 15.0 Å². The molecule has 8 nitrogen and oxygen atoms in total.